The fourth-order valence-electron chi connectivity index (χ4n) is 2.07. The van der Waals surface area contributed by atoms with E-state index in [1.54, 1.807) is 26.0 Å². The van der Waals surface area contributed by atoms with Crippen molar-refractivity contribution in [3.8, 4) is 5.69 Å². The van der Waals surface area contributed by atoms with Crippen molar-refractivity contribution in [3.63, 3.8) is 0 Å². The number of carbonyl (C=O) groups is 1. The number of benzene rings is 1. The average Bonchev–Trinajstić information content (AvgIpc) is 2.81. The van der Waals surface area contributed by atoms with Gasteiger partial charge in [0.2, 0.25) is 0 Å². The van der Waals surface area contributed by atoms with Crippen LogP contribution in [-0.2, 0) is 16.1 Å². The molecule has 6 heteroatoms. The first-order valence-electron chi connectivity index (χ1n) is 6.58. The Morgan fingerprint density at radius 2 is 2.19 bits per heavy atom. The molecule has 0 radical (unpaired) electrons. The second-order valence-corrected chi connectivity index (χ2v) is 4.47. The highest BCUT2D eigenvalue weighted by molar-refractivity contribution is 5.90. The van der Waals surface area contributed by atoms with Gasteiger partial charge >= 0.3 is 5.97 Å². The molecule has 112 valence electrons. The predicted octanol–water partition coefficient (Wildman–Crippen LogP) is 2.64. The van der Waals surface area contributed by atoms with Crippen LogP contribution in [0.1, 0.15) is 28.5 Å². The topological polar surface area (TPSA) is 53.4 Å². The minimum Gasteiger partial charge on any atom is -0.462 e. The number of carbonyl (C=O) groups excluding carboxylic acids is 1. The van der Waals surface area contributed by atoms with Crippen molar-refractivity contribution in [2.75, 3.05) is 13.7 Å². The van der Waals surface area contributed by atoms with Gasteiger partial charge in [0.1, 0.15) is 17.1 Å². The third kappa shape index (κ3) is 3.11. The quantitative estimate of drug-likeness (QED) is 0.795. The molecule has 0 aliphatic carbocycles. The summed E-state index contributed by atoms with van der Waals surface area (Å²) in [7, 11) is 1.53. The first-order chi connectivity index (χ1) is 10.1. The molecule has 0 spiro atoms. The summed E-state index contributed by atoms with van der Waals surface area (Å²) in [5.41, 5.74) is 1.73. The zero-order valence-corrected chi connectivity index (χ0v) is 12.2. The highest BCUT2D eigenvalue weighted by Crippen LogP contribution is 2.21. The molecule has 0 N–H and O–H groups in total. The van der Waals surface area contributed by atoms with E-state index < -0.39 is 11.8 Å². The maximum absolute atomic E-state index is 14.1. The SMILES string of the molecule is CCOC(=O)c1cn(-c2c(F)cccc2COC)nc1C. The first kappa shape index (κ1) is 15.2. The summed E-state index contributed by atoms with van der Waals surface area (Å²) in [6.07, 6.45) is 1.48. The van der Waals surface area contributed by atoms with Gasteiger partial charge in [-0.1, -0.05) is 12.1 Å². The Morgan fingerprint density at radius 3 is 2.86 bits per heavy atom. The van der Waals surface area contributed by atoms with Crippen molar-refractivity contribution in [1.29, 1.82) is 0 Å². The molecule has 1 heterocycles. The molecule has 0 unspecified atom stereocenters. The Morgan fingerprint density at radius 1 is 1.43 bits per heavy atom. The summed E-state index contributed by atoms with van der Waals surface area (Å²) >= 11 is 0. The van der Waals surface area contributed by atoms with Crippen LogP contribution in [0.5, 0.6) is 0 Å². The van der Waals surface area contributed by atoms with Gasteiger partial charge < -0.3 is 9.47 Å². The molecule has 2 rings (SSSR count). The summed E-state index contributed by atoms with van der Waals surface area (Å²) in [6.45, 7) is 3.93. The summed E-state index contributed by atoms with van der Waals surface area (Å²) in [5.74, 6) is -0.895. The van der Waals surface area contributed by atoms with E-state index in [-0.39, 0.29) is 18.9 Å². The van der Waals surface area contributed by atoms with E-state index in [9.17, 15) is 9.18 Å². The molecule has 0 aliphatic heterocycles. The first-order valence-corrected chi connectivity index (χ1v) is 6.58. The zero-order chi connectivity index (χ0) is 15.4. The lowest BCUT2D eigenvalue weighted by molar-refractivity contribution is 0.0525. The van der Waals surface area contributed by atoms with Crippen LogP contribution in [-0.4, -0.2) is 29.5 Å². The summed E-state index contributed by atoms with van der Waals surface area (Å²) in [4.78, 5) is 11.8. The number of nitrogens with zero attached hydrogens (tertiary/aromatic N) is 2. The van der Waals surface area contributed by atoms with E-state index in [0.29, 0.717) is 16.8 Å². The molecule has 1 aromatic carbocycles. The average molecular weight is 292 g/mol. The van der Waals surface area contributed by atoms with Crippen LogP contribution >= 0.6 is 0 Å². The van der Waals surface area contributed by atoms with Crippen LogP contribution in [0, 0.1) is 12.7 Å². The molecular formula is C15H17FN2O3. The predicted molar refractivity (Wildman–Crippen MR) is 74.9 cm³/mol. The van der Waals surface area contributed by atoms with Gasteiger partial charge in [0.15, 0.2) is 0 Å². The number of methoxy groups -OCH3 is 1. The lowest BCUT2D eigenvalue weighted by Crippen LogP contribution is -2.05. The second kappa shape index (κ2) is 6.49. The lowest BCUT2D eigenvalue weighted by atomic mass is 10.2. The number of hydrogen-bond acceptors (Lipinski definition) is 4. The van der Waals surface area contributed by atoms with E-state index >= 15 is 0 Å². The number of rotatable bonds is 5. The Labute approximate surface area is 122 Å². The smallest absolute Gasteiger partial charge is 0.341 e. The third-order valence-corrected chi connectivity index (χ3v) is 2.99. The molecule has 1 aromatic heterocycles. The van der Waals surface area contributed by atoms with Gasteiger partial charge in [-0.05, 0) is 19.9 Å². The largest absolute Gasteiger partial charge is 0.462 e. The van der Waals surface area contributed by atoms with Crippen LogP contribution in [0.4, 0.5) is 4.39 Å². The van der Waals surface area contributed by atoms with E-state index in [4.69, 9.17) is 9.47 Å². The maximum Gasteiger partial charge on any atom is 0.341 e. The van der Waals surface area contributed by atoms with E-state index in [1.807, 2.05) is 0 Å². The summed E-state index contributed by atoms with van der Waals surface area (Å²) in [5, 5.41) is 4.21. The number of ether oxygens (including phenoxy) is 2. The molecule has 0 saturated carbocycles. The minimum atomic E-state index is -0.467. The van der Waals surface area contributed by atoms with Crippen LogP contribution in [0.25, 0.3) is 5.69 Å². The van der Waals surface area contributed by atoms with Crippen LogP contribution in [0.15, 0.2) is 24.4 Å². The van der Waals surface area contributed by atoms with Crippen LogP contribution < -0.4 is 0 Å². The standard InChI is InChI=1S/C15H17FN2O3/c1-4-21-15(19)12-8-18(17-10(12)2)14-11(9-20-3)6-5-7-13(14)16/h5-8H,4,9H2,1-3H3. The molecule has 0 atom stereocenters. The third-order valence-electron chi connectivity index (χ3n) is 2.99. The fourth-order valence-corrected chi connectivity index (χ4v) is 2.07. The van der Waals surface area contributed by atoms with E-state index in [1.165, 1.54) is 24.1 Å². The molecule has 21 heavy (non-hydrogen) atoms. The Bertz CT molecular complexity index is 652. The Balaban J connectivity index is 2.48. The van der Waals surface area contributed by atoms with Gasteiger partial charge in [-0.3, -0.25) is 0 Å². The molecule has 0 fully saturated rings. The molecule has 0 saturated heterocycles. The number of hydrogen-bond donors (Lipinski definition) is 0. The molecule has 0 aliphatic rings. The lowest BCUT2D eigenvalue weighted by Gasteiger charge is -2.09. The van der Waals surface area contributed by atoms with Gasteiger partial charge in [-0.15, -0.1) is 0 Å². The van der Waals surface area contributed by atoms with Gasteiger partial charge in [0, 0.05) is 18.9 Å². The van der Waals surface area contributed by atoms with Crippen molar-refractivity contribution in [2.24, 2.45) is 0 Å². The van der Waals surface area contributed by atoms with Crippen molar-refractivity contribution < 1.29 is 18.7 Å². The van der Waals surface area contributed by atoms with Gasteiger partial charge in [-0.25, -0.2) is 13.9 Å². The van der Waals surface area contributed by atoms with Gasteiger partial charge in [0.05, 0.1) is 18.9 Å². The number of para-hydroxylation sites is 1. The Hall–Kier alpha value is -2.21. The number of esters is 1. The highest BCUT2D eigenvalue weighted by Gasteiger charge is 2.18. The van der Waals surface area contributed by atoms with E-state index in [0.717, 1.165) is 0 Å². The molecule has 0 bridgehead atoms. The number of aromatic nitrogens is 2. The summed E-state index contributed by atoms with van der Waals surface area (Å²) < 4.78 is 25.5. The fraction of sp³-hybridized carbons (Fsp3) is 0.333. The summed E-state index contributed by atoms with van der Waals surface area (Å²) in [6, 6.07) is 4.70. The second-order valence-electron chi connectivity index (χ2n) is 4.47. The van der Waals surface area contributed by atoms with Crippen LogP contribution in [0.2, 0.25) is 0 Å². The van der Waals surface area contributed by atoms with Crippen molar-refractivity contribution >= 4 is 5.97 Å². The monoisotopic (exact) mass is 292 g/mol. The zero-order valence-electron chi connectivity index (χ0n) is 12.2. The van der Waals surface area contributed by atoms with Crippen LogP contribution in [0.3, 0.4) is 0 Å². The van der Waals surface area contributed by atoms with Gasteiger partial charge in [-0.2, -0.15) is 5.10 Å². The van der Waals surface area contributed by atoms with E-state index in [2.05, 4.69) is 5.10 Å². The normalized spacial score (nSPS) is 10.7. The van der Waals surface area contributed by atoms with Crippen molar-refractivity contribution in [1.82, 2.24) is 9.78 Å². The molecule has 2 aromatic rings. The highest BCUT2D eigenvalue weighted by atomic mass is 19.1. The molecule has 5 nitrogen and oxygen atoms in total. The molecule has 0 amide bonds. The maximum atomic E-state index is 14.1. The number of aryl methyl sites for hydroxylation is 1. The van der Waals surface area contributed by atoms with Gasteiger partial charge in [0.25, 0.3) is 0 Å². The molecular weight excluding hydrogens is 275 g/mol. The minimum absolute atomic E-state index is 0.251. The van der Waals surface area contributed by atoms with Crippen molar-refractivity contribution in [2.45, 2.75) is 20.5 Å². The van der Waals surface area contributed by atoms with Crippen molar-refractivity contribution in [3.05, 3.63) is 47.0 Å². The number of halogens is 1. The Kier molecular flexibility index (Phi) is 4.70.